The molecule has 1 rings (SSSR count). The van der Waals surface area contributed by atoms with Gasteiger partial charge in [-0.15, -0.1) is 11.6 Å². The molecule has 1 aromatic rings. The Kier molecular flexibility index (Phi) is 5.38. The number of methoxy groups -OCH3 is 3. The molecule has 4 nitrogen and oxygen atoms in total. The SMILES string of the molecule is CNC(CCl)c1c(OC)cc(OC)cc1OC. The van der Waals surface area contributed by atoms with Crippen molar-refractivity contribution >= 4 is 11.6 Å². The first kappa shape index (κ1) is 13.9. The summed E-state index contributed by atoms with van der Waals surface area (Å²) in [5.41, 5.74) is 0.897. The number of rotatable bonds is 6. The van der Waals surface area contributed by atoms with Gasteiger partial charge in [0.1, 0.15) is 17.2 Å². The van der Waals surface area contributed by atoms with E-state index in [4.69, 9.17) is 25.8 Å². The molecule has 0 saturated heterocycles. The zero-order valence-electron chi connectivity index (χ0n) is 10.5. The molecule has 0 spiro atoms. The van der Waals surface area contributed by atoms with Gasteiger partial charge in [-0.2, -0.15) is 0 Å². The summed E-state index contributed by atoms with van der Waals surface area (Å²) in [6.07, 6.45) is 0. The summed E-state index contributed by atoms with van der Waals surface area (Å²) in [5, 5.41) is 3.12. The van der Waals surface area contributed by atoms with Crippen LogP contribution in [0.2, 0.25) is 0 Å². The van der Waals surface area contributed by atoms with Crippen LogP contribution in [0.15, 0.2) is 12.1 Å². The molecule has 0 aliphatic rings. The minimum atomic E-state index is -0.0347. The van der Waals surface area contributed by atoms with E-state index in [-0.39, 0.29) is 6.04 Å². The molecule has 0 radical (unpaired) electrons. The zero-order chi connectivity index (χ0) is 12.8. The summed E-state index contributed by atoms with van der Waals surface area (Å²) >= 11 is 5.93. The number of hydrogen-bond donors (Lipinski definition) is 1. The third-order valence-corrected chi connectivity index (χ3v) is 2.91. The van der Waals surface area contributed by atoms with Crippen molar-refractivity contribution < 1.29 is 14.2 Å². The van der Waals surface area contributed by atoms with Gasteiger partial charge in [0.2, 0.25) is 0 Å². The van der Waals surface area contributed by atoms with Crippen LogP contribution in [-0.4, -0.2) is 34.3 Å². The lowest BCUT2D eigenvalue weighted by Gasteiger charge is -2.20. The van der Waals surface area contributed by atoms with Crippen molar-refractivity contribution in [3.63, 3.8) is 0 Å². The van der Waals surface area contributed by atoms with Crippen LogP contribution in [0, 0.1) is 0 Å². The number of benzene rings is 1. The Labute approximate surface area is 107 Å². The van der Waals surface area contributed by atoms with Crippen LogP contribution in [0.4, 0.5) is 0 Å². The number of hydrogen-bond acceptors (Lipinski definition) is 4. The Morgan fingerprint density at radius 1 is 1.12 bits per heavy atom. The predicted molar refractivity (Wildman–Crippen MR) is 68.6 cm³/mol. The van der Waals surface area contributed by atoms with Crippen LogP contribution in [0.1, 0.15) is 11.6 Å². The number of ether oxygens (including phenoxy) is 3. The first-order valence-corrected chi connectivity index (χ1v) is 5.78. The molecule has 1 N–H and O–H groups in total. The molecule has 0 saturated carbocycles. The van der Waals surface area contributed by atoms with E-state index in [1.54, 1.807) is 21.3 Å². The average molecular weight is 260 g/mol. The van der Waals surface area contributed by atoms with Gasteiger partial charge in [0, 0.05) is 18.0 Å². The fraction of sp³-hybridized carbons (Fsp3) is 0.500. The summed E-state index contributed by atoms with van der Waals surface area (Å²) in [5.74, 6) is 2.50. The molecule has 0 aliphatic carbocycles. The Balaban J connectivity index is 3.33. The Bertz CT molecular complexity index is 342. The van der Waals surface area contributed by atoms with Crippen molar-refractivity contribution in [1.82, 2.24) is 5.32 Å². The normalized spacial score (nSPS) is 12.1. The first-order valence-electron chi connectivity index (χ1n) is 5.24. The first-order chi connectivity index (χ1) is 8.21. The van der Waals surface area contributed by atoms with Crippen molar-refractivity contribution in [3.05, 3.63) is 17.7 Å². The molecular formula is C12H18ClNO3. The van der Waals surface area contributed by atoms with Crippen LogP contribution >= 0.6 is 11.6 Å². The van der Waals surface area contributed by atoms with E-state index in [2.05, 4.69) is 5.32 Å². The highest BCUT2D eigenvalue weighted by molar-refractivity contribution is 6.18. The summed E-state index contributed by atoms with van der Waals surface area (Å²) in [6, 6.07) is 3.59. The minimum absolute atomic E-state index is 0.0347. The predicted octanol–water partition coefficient (Wildman–Crippen LogP) is 2.21. The van der Waals surface area contributed by atoms with Crippen molar-refractivity contribution in [2.45, 2.75) is 6.04 Å². The largest absolute Gasteiger partial charge is 0.496 e. The molecule has 17 heavy (non-hydrogen) atoms. The smallest absolute Gasteiger partial charge is 0.131 e. The van der Waals surface area contributed by atoms with Crippen molar-refractivity contribution in [2.24, 2.45) is 0 Å². The zero-order valence-corrected chi connectivity index (χ0v) is 11.3. The Hall–Kier alpha value is -1.13. The van der Waals surface area contributed by atoms with E-state index in [1.807, 2.05) is 19.2 Å². The quantitative estimate of drug-likeness (QED) is 0.796. The van der Waals surface area contributed by atoms with Gasteiger partial charge >= 0.3 is 0 Å². The van der Waals surface area contributed by atoms with Gasteiger partial charge < -0.3 is 19.5 Å². The molecule has 5 heteroatoms. The van der Waals surface area contributed by atoms with Gasteiger partial charge in [-0.1, -0.05) is 0 Å². The van der Waals surface area contributed by atoms with Crippen LogP contribution in [0.3, 0.4) is 0 Å². The maximum absolute atomic E-state index is 5.93. The lowest BCUT2D eigenvalue weighted by atomic mass is 10.1. The molecule has 0 aromatic heterocycles. The molecule has 0 fully saturated rings. The number of alkyl halides is 1. The molecule has 0 bridgehead atoms. The van der Waals surface area contributed by atoms with Gasteiger partial charge in [0.25, 0.3) is 0 Å². The van der Waals surface area contributed by atoms with Gasteiger partial charge in [-0.05, 0) is 7.05 Å². The molecular weight excluding hydrogens is 242 g/mol. The highest BCUT2D eigenvalue weighted by Crippen LogP contribution is 2.38. The molecule has 0 aliphatic heterocycles. The van der Waals surface area contributed by atoms with Gasteiger partial charge in [-0.25, -0.2) is 0 Å². The summed E-state index contributed by atoms with van der Waals surface area (Å²) in [4.78, 5) is 0. The van der Waals surface area contributed by atoms with E-state index in [0.717, 1.165) is 5.56 Å². The molecule has 1 aromatic carbocycles. The van der Waals surface area contributed by atoms with Crippen LogP contribution < -0.4 is 19.5 Å². The molecule has 96 valence electrons. The Morgan fingerprint density at radius 3 is 1.94 bits per heavy atom. The van der Waals surface area contributed by atoms with Gasteiger partial charge in [0.05, 0.1) is 32.9 Å². The van der Waals surface area contributed by atoms with Crippen molar-refractivity contribution in [2.75, 3.05) is 34.3 Å². The van der Waals surface area contributed by atoms with E-state index in [9.17, 15) is 0 Å². The molecule has 1 unspecified atom stereocenters. The molecule has 0 amide bonds. The summed E-state index contributed by atoms with van der Waals surface area (Å²) < 4.78 is 15.9. The second-order valence-electron chi connectivity index (χ2n) is 3.44. The molecule has 1 atom stereocenters. The fourth-order valence-corrected chi connectivity index (χ4v) is 1.98. The second-order valence-corrected chi connectivity index (χ2v) is 3.75. The van der Waals surface area contributed by atoms with Gasteiger partial charge in [-0.3, -0.25) is 0 Å². The fourth-order valence-electron chi connectivity index (χ4n) is 1.67. The van der Waals surface area contributed by atoms with Crippen LogP contribution in [0.25, 0.3) is 0 Å². The maximum atomic E-state index is 5.93. The summed E-state index contributed by atoms with van der Waals surface area (Å²) in [6.45, 7) is 0. The monoisotopic (exact) mass is 259 g/mol. The standard InChI is InChI=1S/C12H18ClNO3/c1-14-9(7-13)12-10(16-3)5-8(15-2)6-11(12)17-4/h5-6,9,14H,7H2,1-4H3. The lowest BCUT2D eigenvalue weighted by Crippen LogP contribution is -2.19. The van der Waals surface area contributed by atoms with Crippen LogP contribution in [-0.2, 0) is 0 Å². The van der Waals surface area contributed by atoms with E-state index < -0.39 is 0 Å². The third-order valence-electron chi connectivity index (χ3n) is 2.60. The van der Waals surface area contributed by atoms with E-state index in [0.29, 0.717) is 23.1 Å². The minimum Gasteiger partial charge on any atom is -0.496 e. The Morgan fingerprint density at radius 2 is 1.65 bits per heavy atom. The topological polar surface area (TPSA) is 39.7 Å². The highest BCUT2D eigenvalue weighted by atomic mass is 35.5. The van der Waals surface area contributed by atoms with Crippen molar-refractivity contribution in [3.8, 4) is 17.2 Å². The van der Waals surface area contributed by atoms with Crippen LogP contribution in [0.5, 0.6) is 17.2 Å². The van der Waals surface area contributed by atoms with E-state index in [1.165, 1.54) is 0 Å². The second kappa shape index (κ2) is 6.57. The van der Waals surface area contributed by atoms with E-state index >= 15 is 0 Å². The summed E-state index contributed by atoms with van der Waals surface area (Å²) in [7, 11) is 6.67. The number of halogens is 1. The average Bonchev–Trinajstić information content (AvgIpc) is 2.39. The third kappa shape index (κ3) is 2.96. The highest BCUT2D eigenvalue weighted by Gasteiger charge is 2.20. The number of nitrogens with one attached hydrogen (secondary N) is 1. The molecule has 0 heterocycles. The van der Waals surface area contributed by atoms with Crippen molar-refractivity contribution in [1.29, 1.82) is 0 Å². The van der Waals surface area contributed by atoms with Gasteiger partial charge in [0.15, 0.2) is 0 Å². The lowest BCUT2D eigenvalue weighted by molar-refractivity contribution is 0.362. The maximum Gasteiger partial charge on any atom is 0.131 e.